The van der Waals surface area contributed by atoms with Gasteiger partial charge in [-0.25, -0.2) is 0 Å². The van der Waals surface area contributed by atoms with Crippen molar-refractivity contribution >= 4 is 11.3 Å². The Balaban J connectivity index is 2.27. The lowest BCUT2D eigenvalue weighted by Gasteiger charge is -2.19. The zero-order valence-corrected chi connectivity index (χ0v) is 11.3. The van der Waals surface area contributed by atoms with Crippen LogP contribution >= 0.6 is 11.3 Å². The first-order valence-electron chi connectivity index (χ1n) is 6.09. The van der Waals surface area contributed by atoms with Crippen molar-refractivity contribution in [3.63, 3.8) is 0 Å². The van der Waals surface area contributed by atoms with E-state index in [1.807, 2.05) is 11.3 Å². The molecule has 0 aromatic carbocycles. The molecule has 0 aliphatic heterocycles. The van der Waals surface area contributed by atoms with E-state index >= 15 is 0 Å². The number of ether oxygens (including phenoxy) is 1. The number of likely N-dealkylation sites (N-methyl/N-ethyl adjacent to an activating group) is 1. The molecular formula is C13H23NOS. The summed E-state index contributed by atoms with van der Waals surface area (Å²) in [6, 6.07) is 4.80. The molecule has 1 N–H and O–H groups in total. The summed E-state index contributed by atoms with van der Waals surface area (Å²) in [5.74, 6) is 0. The van der Waals surface area contributed by atoms with Gasteiger partial charge in [-0.15, -0.1) is 11.3 Å². The van der Waals surface area contributed by atoms with E-state index in [-0.39, 0.29) is 0 Å². The zero-order valence-electron chi connectivity index (χ0n) is 10.5. The lowest BCUT2D eigenvalue weighted by atomic mass is 10.1. The first-order chi connectivity index (χ1) is 7.72. The minimum atomic E-state index is 0.322. The molecule has 0 fully saturated rings. The Morgan fingerprint density at radius 2 is 2.25 bits per heavy atom. The van der Waals surface area contributed by atoms with Gasteiger partial charge in [0, 0.05) is 10.9 Å². The zero-order chi connectivity index (χ0) is 11.8. The molecule has 1 heterocycles. The fourth-order valence-corrected chi connectivity index (χ4v) is 2.34. The van der Waals surface area contributed by atoms with Gasteiger partial charge in [0.2, 0.25) is 0 Å². The molecule has 0 spiro atoms. The fourth-order valence-electron chi connectivity index (χ4n) is 1.61. The molecule has 1 rings (SSSR count). The second-order valence-corrected chi connectivity index (χ2v) is 5.29. The van der Waals surface area contributed by atoms with Crippen LogP contribution < -0.4 is 5.32 Å². The molecule has 0 aliphatic carbocycles. The maximum Gasteiger partial charge on any atom is 0.0623 e. The molecule has 2 nitrogen and oxygen atoms in total. The SMILES string of the molecule is CCNC(CCc1cccs1)COC(C)C. The Bertz CT molecular complexity index is 259. The normalized spacial score (nSPS) is 13.2. The molecule has 1 aromatic heterocycles. The summed E-state index contributed by atoms with van der Waals surface area (Å²) in [7, 11) is 0. The van der Waals surface area contributed by atoms with Crippen molar-refractivity contribution in [2.24, 2.45) is 0 Å². The summed E-state index contributed by atoms with van der Waals surface area (Å²) in [5.41, 5.74) is 0. The Morgan fingerprint density at radius 1 is 1.44 bits per heavy atom. The first-order valence-corrected chi connectivity index (χ1v) is 6.97. The number of aryl methyl sites for hydroxylation is 1. The summed E-state index contributed by atoms with van der Waals surface area (Å²) in [6.45, 7) is 8.14. The van der Waals surface area contributed by atoms with E-state index in [2.05, 4.69) is 43.6 Å². The molecule has 16 heavy (non-hydrogen) atoms. The van der Waals surface area contributed by atoms with Crippen molar-refractivity contribution in [3.8, 4) is 0 Å². The lowest BCUT2D eigenvalue weighted by molar-refractivity contribution is 0.0600. The van der Waals surface area contributed by atoms with E-state index in [9.17, 15) is 0 Å². The number of hydrogen-bond donors (Lipinski definition) is 1. The number of thiophene rings is 1. The molecule has 1 unspecified atom stereocenters. The van der Waals surface area contributed by atoms with Crippen LogP contribution in [0.15, 0.2) is 17.5 Å². The predicted octanol–water partition coefficient (Wildman–Crippen LogP) is 3.08. The maximum absolute atomic E-state index is 5.67. The van der Waals surface area contributed by atoms with Gasteiger partial charge in [-0.3, -0.25) is 0 Å². The highest BCUT2D eigenvalue weighted by Crippen LogP contribution is 2.12. The van der Waals surface area contributed by atoms with Crippen LogP contribution in [-0.2, 0) is 11.2 Å². The van der Waals surface area contributed by atoms with E-state index in [1.165, 1.54) is 4.88 Å². The lowest BCUT2D eigenvalue weighted by Crippen LogP contribution is -2.34. The van der Waals surface area contributed by atoms with Gasteiger partial charge in [0.1, 0.15) is 0 Å². The molecule has 0 saturated carbocycles. The Labute approximate surface area is 103 Å². The molecular weight excluding hydrogens is 218 g/mol. The number of hydrogen-bond acceptors (Lipinski definition) is 3. The molecule has 0 saturated heterocycles. The summed E-state index contributed by atoms with van der Waals surface area (Å²) in [6.07, 6.45) is 2.63. The largest absolute Gasteiger partial charge is 0.377 e. The molecule has 3 heteroatoms. The third kappa shape index (κ3) is 5.64. The maximum atomic E-state index is 5.67. The van der Waals surface area contributed by atoms with Crippen LogP contribution in [0.4, 0.5) is 0 Å². The smallest absolute Gasteiger partial charge is 0.0623 e. The van der Waals surface area contributed by atoms with E-state index in [1.54, 1.807) is 0 Å². The topological polar surface area (TPSA) is 21.3 Å². The Kier molecular flexibility index (Phi) is 6.69. The van der Waals surface area contributed by atoms with Gasteiger partial charge in [-0.1, -0.05) is 13.0 Å². The summed E-state index contributed by atoms with van der Waals surface area (Å²) >= 11 is 1.84. The average Bonchev–Trinajstić information content (AvgIpc) is 2.75. The van der Waals surface area contributed by atoms with Gasteiger partial charge in [0.25, 0.3) is 0 Å². The molecule has 1 aromatic rings. The van der Waals surface area contributed by atoms with E-state index < -0.39 is 0 Å². The quantitative estimate of drug-likeness (QED) is 0.755. The average molecular weight is 241 g/mol. The monoisotopic (exact) mass is 241 g/mol. The second-order valence-electron chi connectivity index (χ2n) is 4.25. The third-order valence-corrected chi connectivity index (χ3v) is 3.38. The van der Waals surface area contributed by atoms with Gasteiger partial charge in [-0.05, 0) is 44.7 Å². The molecule has 0 radical (unpaired) electrons. The van der Waals surface area contributed by atoms with Crippen molar-refractivity contribution < 1.29 is 4.74 Å². The van der Waals surface area contributed by atoms with Crippen molar-refractivity contribution in [1.82, 2.24) is 5.32 Å². The van der Waals surface area contributed by atoms with Crippen molar-refractivity contribution in [2.75, 3.05) is 13.2 Å². The van der Waals surface area contributed by atoms with Gasteiger partial charge < -0.3 is 10.1 Å². The van der Waals surface area contributed by atoms with E-state index in [0.29, 0.717) is 12.1 Å². The van der Waals surface area contributed by atoms with Crippen molar-refractivity contribution in [3.05, 3.63) is 22.4 Å². The molecule has 92 valence electrons. The van der Waals surface area contributed by atoms with Crippen molar-refractivity contribution in [2.45, 2.75) is 45.8 Å². The van der Waals surface area contributed by atoms with Gasteiger partial charge in [0.15, 0.2) is 0 Å². The molecule has 0 amide bonds. The van der Waals surface area contributed by atoms with Crippen LogP contribution in [-0.4, -0.2) is 25.3 Å². The standard InChI is InChI=1S/C13H23NOS/c1-4-14-12(10-15-11(2)3)7-8-13-6-5-9-16-13/h5-6,9,11-12,14H,4,7-8,10H2,1-3H3. The van der Waals surface area contributed by atoms with Crippen LogP contribution in [0.2, 0.25) is 0 Å². The fraction of sp³-hybridized carbons (Fsp3) is 0.692. The van der Waals surface area contributed by atoms with Crippen LogP contribution in [0.25, 0.3) is 0 Å². The Hall–Kier alpha value is -0.380. The second kappa shape index (κ2) is 7.82. The van der Waals surface area contributed by atoms with Gasteiger partial charge >= 0.3 is 0 Å². The number of rotatable bonds is 8. The molecule has 1 atom stereocenters. The predicted molar refractivity (Wildman–Crippen MR) is 71.2 cm³/mol. The third-order valence-electron chi connectivity index (χ3n) is 2.44. The first kappa shape index (κ1) is 13.7. The molecule has 0 bridgehead atoms. The van der Waals surface area contributed by atoms with E-state index in [0.717, 1.165) is 26.0 Å². The summed E-state index contributed by atoms with van der Waals surface area (Å²) in [4.78, 5) is 1.47. The number of nitrogens with one attached hydrogen (secondary N) is 1. The van der Waals surface area contributed by atoms with Gasteiger partial charge in [-0.2, -0.15) is 0 Å². The van der Waals surface area contributed by atoms with E-state index in [4.69, 9.17) is 4.74 Å². The highest BCUT2D eigenvalue weighted by molar-refractivity contribution is 7.09. The van der Waals surface area contributed by atoms with Crippen LogP contribution in [0.3, 0.4) is 0 Å². The highest BCUT2D eigenvalue weighted by atomic mass is 32.1. The minimum absolute atomic E-state index is 0.322. The Morgan fingerprint density at radius 3 is 2.81 bits per heavy atom. The summed E-state index contributed by atoms with van der Waals surface area (Å²) < 4.78 is 5.67. The highest BCUT2D eigenvalue weighted by Gasteiger charge is 2.09. The van der Waals surface area contributed by atoms with Gasteiger partial charge in [0.05, 0.1) is 12.7 Å². The summed E-state index contributed by atoms with van der Waals surface area (Å²) in [5, 5.41) is 5.62. The van der Waals surface area contributed by atoms with Crippen molar-refractivity contribution in [1.29, 1.82) is 0 Å². The minimum Gasteiger partial charge on any atom is -0.377 e. The van der Waals surface area contributed by atoms with Crippen LogP contribution in [0.5, 0.6) is 0 Å². The van der Waals surface area contributed by atoms with Crippen LogP contribution in [0.1, 0.15) is 32.1 Å². The van der Waals surface area contributed by atoms with Crippen LogP contribution in [0, 0.1) is 0 Å². The molecule has 0 aliphatic rings.